The van der Waals surface area contributed by atoms with E-state index >= 15 is 0 Å². The van der Waals surface area contributed by atoms with Gasteiger partial charge in [-0.1, -0.05) is 6.92 Å². The molecule has 0 aromatic carbocycles. The minimum atomic E-state index is -1.07. The minimum absolute atomic E-state index is 0.0788. The number of carbonyl (C=O) groups excluding carboxylic acids is 1. The second kappa shape index (κ2) is 7.26. The predicted octanol–water partition coefficient (Wildman–Crippen LogP) is 0.376. The highest BCUT2D eigenvalue weighted by molar-refractivity contribution is 8.03. The van der Waals surface area contributed by atoms with E-state index < -0.39 is 18.0 Å². The molecule has 0 aromatic rings. The van der Waals surface area contributed by atoms with Gasteiger partial charge in [-0.2, -0.15) is 0 Å². The molecule has 3 aliphatic rings. The summed E-state index contributed by atoms with van der Waals surface area (Å²) >= 11 is 1.56. The molecular formula is C17H26N2O5S. The maximum absolute atomic E-state index is 12.3. The standard InChI is InChI=1S/C17H26N2O5S/c1-8-13-12(9(2)21)16(22)19(13)14(17(23)24)15(8)25-11-6-10(18-7-11)4-3-5-20/h8-13,18,20-21H,3-7H2,1-2H3,(H,23,24)/t8-,9-,10-,11+,12-,13-/m1/s1. The number of β-lactam (4-membered cyclic amide) rings is 1. The van der Waals surface area contributed by atoms with Crippen molar-refractivity contribution in [2.45, 2.75) is 56.5 Å². The third-order valence-corrected chi connectivity index (χ3v) is 7.01. The fourth-order valence-electron chi connectivity index (χ4n) is 4.29. The smallest absolute Gasteiger partial charge is 0.353 e. The Morgan fingerprint density at radius 1 is 1.48 bits per heavy atom. The average Bonchev–Trinajstić information content (AvgIpc) is 3.08. The molecule has 3 heterocycles. The summed E-state index contributed by atoms with van der Waals surface area (Å²) < 4.78 is 0. The lowest BCUT2D eigenvalue weighted by Gasteiger charge is -2.46. The Morgan fingerprint density at radius 2 is 2.20 bits per heavy atom. The van der Waals surface area contributed by atoms with Crippen molar-refractivity contribution in [3.05, 3.63) is 10.6 Å². The highest BCUT2D eigenvalue weighted by Crippen LogP contribution is 2.51. The summed E-state index contributed by atoms with van der Waals surface area (Å²) in [5, 5.41) is 32.1. The molecule has 140 valence electrons. The number of nitrogens with zero attached hydrogens (tertiary/aromatic N) is 1. The van der Waals surface area contributed by atoms with Crippen LogP contribution < -0.4 is 5.32 Å². The number of hydrogen-bond donors (Lipinski definition) is 4. The molecule has 0 unspecified atom stereocenters. The van der Waals surface area contributed by atoms with Crippen LogP contribution in [0.25, 0.3) is 0 Å². The number of thioether (sulfide) groups is 1. The van der Waals surface area contributed by atoms with Crippen LogP contribution in [0.4, 0.5) is 0 Å². The van der Waals surface area contributed by atoms with Gasteiger partial charge in [0, 0.05) is 35.3 Å². The Balaban J connectivity index is 1.74. The van der Waals surface area contributed by atoms with E-state index in [1.165, 1.54) is 4.90 Å². The third-order valence-electron chi connectivity index (χ3n) is 5.50. The van der Waals surface area contributed by atoms with Gasteiger partial charge in [-0.15, -0.1) is 11.8 Å². The molecule has 3 rings (SSSR count). The number of carboxylic acid groups (broad SMARTS) is 1. The summed E-state index contributed by atoms with van der Waals surface area (Å²) in [6.07, 6.45) is 1.82. The van der Waals surface area contributed by atoms with Crippen LogP contribution in [0, 0.1) is 11.8 Å². The number of aliphatic carboxylic acids is 1. The van der Waals surface area contributed by atoms with E-state index in [-0.39, 0.29) is 35.4 Å². The first-order chi connectivity index (χ1) is 11.9. The summed E-state index contributed by atoms with van der Waals surface area (Å²) in [5.74, 6) is -1.95. The van der Waals surface area contributed by atoms with Crippen LogP contribution in [-0.4, -0.2) is 68.7 Å². The second-order valence-corrected chi connectivity index (χ2v) is 8.56. The lowest BCUT2D eigenvalue weighted by Crippen LogP contribution is -2.63. The molecule has 8 heteroatoms. The molecular weight excluding hydrogens is 344 g/mol. The van der Waals surface area contributed by atoms with Gasteiger partial charge in [0.05, 0.1) is 18.1 Å². The minimum Gasteiger partial charge on any atom is -0.477 e. The van der Waals surface area contributed by atoms with Gasteiger partial charge >= 0.3 is 5.97 Å². The zero-order valence-electron chi connectivity index (χ0n) is 14.5. The maximum atomic E-state index is 12.3. The zero-order chi connectivity index (χ0) is 18.3. The Hall–Kier alpha value is -1.09. The van der Waals surface area contributed by atoms with Crippen molar-refractivity contribution in [2.24, 2.45) is 11.8 Å². The van der Waals surface area contributed by atoms with Gasteiger partial charge in [0.1, 0.15) is 5.70 Å². The Bertz CT molecular complexity index is 594. The van der Waals surface area contributed by atoms with E-state index in [0.29, 0.717) is 6.04 Å². The maximum Gasteiger partial charge on any atom is 0.353 e. The number of aliphatic hydroxyl groups is 2. The van der Waals surface area contributed by atoms with Gasteiger partial charge in [0.15, 0.2) is 0 Å². The predicted molar refractivity (Wildman–Crippen MR) is 93.7 cm³/mol. The highest BCUT2D eigenvalue weighted by atomic mass is 32.2. The quantitative estimate of drug-likeness (QED) is 0.480. The molecule has 2 saturated heterocycles. The fourth-order valence-corrected chi connectivity index (χ4v) is 5.81. The lowest BCUT2D eigenvalue weighted by molar-refractivity contribution is -0.163. The fraction of sp³-hybridized carbons (Fsp3) is 0.765. The van der Waals surface area contributed by atoms with E-state index in [1.807, 2.05) is 6.92 Å². The van der Waals surface area contributed by atoms with Crippen LogP contribution in [0.15, 0.2) is 10.6 Å². The molecule has 1 amide bonds. The number of carboxylic acids is 1. The SMILES string of the molecule is C[C@@H](O)[C@H]1C(=O)N2C(C(=O)O)=C(S[C@@H]3CN[C@H](CCCO)C3)[C@H](C)[C@H]12. The highest BCUT2D eigenvalue weighted by Gasteiger charge is 2.60. The van der Waals surface area contributed by atoms with Crippen LogP contribution in [0.3, 0.4) is 0 Å². The van der Waals surface area contributed by atoms with Gasteiger partial charge in [0.2, 0.25) is 5.91 Å². The summed E-state index contributed by atoms with van der Waals surface area (Å²) in [4.78, 5) is 26.2. The summed E-state index contributed by atoms with van der Waals surface area (Å²) in [7, 11) is 0. The van der Waals surface area contributed by atoms with E-state index in [1.54, 1.807) is 18.7 Å². The molecule has 0 spiro atoms. The van der Waals surface area contributed by atoms with E-state index in [2.05, 4.69) is 5.32 Å². The molecule has 4 N–H and O–H groups in total. The third kappa shape index (κ3) is 3.20. The van der Waals surface area contributed by atoms with Crippen LogP contribution in [-0.2, 0) is 9.59 Å². The van der Waals surface area contributed by atoms with E-state index in [9.17, 15) is 19.8 Å². The number of amides is 1. The normalized spacial score (nSPS) is 35.8. The van der Waals surface area contributed by atoms with Crippen LogP contribution in [0.2, 0.25) is 0 Å². The molecule has 6 atom stereocenters. The molecule has 0 saturated carbocycles. The average molecular weight is 370 g/mol. The number of rotatable bonds is 7. The molecule has 7 nitrogen and oxygen atoms in total. The first-order valence-electron chi connectivity index (χ1n) is 8.86. The monoisotopic (exact) mass is 370 g/mol. The summed E-state index contributed by atoms with van der Waals surface area (Å²) in [5.41, 5.74) is 0.100. The molecule has 0 bridgehead atoms. The van der Waals surface area contributed by atoms with E-state index in [4.69, 9.17) is 5.11 Å². The van der Waals surface area contributed by atoms with Crippen molar-refractivity contribution in [1.29, 1.82) is 0 Å². The van der Waals surface area contributed by atoms with Crippen LogP contribution in [0.1, 0.15) is 33.1 Å². The first-order valence-corrected chi connectivity index (χ1v) is 9.74. The number of aliphatic hydroxyl groups excluding tert-OH is 2. The Labute approximate surface area is 151 Å². The van der Waals surface area contributed by atoms with Crippen LogP contribution in [0.5, 0.6) is 0 Å². The van der Waals surface area contributed by atoms with Gasteiger partial charge in [0.25, 0.3) is 0 Å². The largest absolute Gasteiger partial charge is 0.477 e. The van der Waals surface area contributed by atoms with Gasteiger partial charge in [-0.25, -0.2) is 4.79 Å². The number of carbonyl (C=O) groups is 2. The summed E-state index contributed by atoms with van der Waals surface area (Å²) in [6, 6.07) is 0.0970. The van der Waals surface area contributed by atoms with Crippen molar-refractivity contribution in [1.82, 2.24) is 10.2 Å². The van der Waals surface area contributed by atoms with Gasteiger partial charge in [-0.05, 0) is 26.2 Å². The molecule has 0 aromatic heterocycles. The number of fused-ring (bicyclic) bond motifs is 1. The Morgan fingerprint density at radius 3 is 2.80 bits per heavy atom. The molecule has 3 aliphatic heterocycles. The van der Waals surface area contributed by atoms with Gasteiger partial charge in [-0.3, -0.25) is 4.79 Å². The lowest BCUT2D eigenvalue weighted by atomic mass is 9.79. The van der Waals surface area contributed by atoms with Crippen molar-refractivity contribution in [2.75, 3.05) is 13.2 Å². The van der Waals surface area contributed by atoms with Crippen LogP contribution >= 0.6 is 11.8 Å². The Kier molecular flexibility index (Phi) is 5.43. The number of nitrogens with one attached hydrogen (secondary N) is 1. The topological polar surface area (TPSA) is 110 Å². The molecule has 0 aliphatic carbocycles. The molecule has 0 radical (unpaired) electrons. The number of hydrogen-bond acceptors (Lipinski definition) is 6. The van der Waals surface area contributed by atoms with Crippen molar-refractivity contribution in [3.63, 3.8) is 0 Å². The second-order valence-electron chi connectivity index (χ2n) is 7.22. The molecule has 2 fully saturated rings. The van der Waals surface area contributed by atoms with Crippen molar-refractivity contribution >= 4 is 23.6 Å². The van der Waals surface area contributed by atoms with E-state index in [0.717, 1.165) is 30.7 Å². The molecule has 25 heavy (non-hydrogen) atoms. The summed E-state index contributed by atoms with van der Waals surface area (Å²) in [6.45, 7) is 4.51. The van der Waals surface area contributed by atoms with Crippen molar-refractivity contribution < 1.29 is 24.9 Å². The first kappa shape index (κ1) is 18.7. The van der Waals surface area contributed by atoms with Crippen molar-refractivity contribution in [3.8, 4) is 0 Å². The zero-order valence-corrected chi connectivity index (χ0v) is 15.3. The van der Waals surface area contributed by atoms with Gasteiger partial charge < -0.3 is 25.5 Å².